The van der Waals surface area contributed by atoms with Gasteiger partial charge < -0.3 is 24.0 Å². The molecule has 3 atom stereocenters. The minimum Gasteiger partial charge on any atom is -0.479 e. The molecule has 2 saturated heterocycles. The minimum atomic E-state index is -0.479. The van der Waals surface area contributed by atoms with Gasteiger partial charge in [0.25, 0.3) is 11.8 Å². The van der Waals surface area contributed by atoms with Gasteiger partial charge in [-0.15, -0.1) is 0 Å². The van der Waals surface area contributed by atoms with Gasteiger partial charge in [0, 0.05) is 25.7 Å². The molecule has 0 bridgehead atoms. The summed E-state index contributed by atoms with van der Waals surface area (Å²) in [5.41, 5.74) is 0.492. The average molecular weight is 415 g/mol. The lowest BCUT2D eigenvalue weighted by atomic mass is 10.0. The highest BCUT2D eigenvalue weighted by Crippen LogP contribution is 2.34. The van der Waals surface area contributed by atoms with E-state index in [1.807, 2.05) is 9.80 Å². The lowest BCUT2D eigenvalue weighted by Crippen LogP contribution is -2.39. The van der Waals surface area contributed by atoms with Crippen molar-refractivity contribution in [3.05, 3.63) is 29.5 Å². The highest BCUT2D eigenvalue weighted by Gasteiger charge is 2.36. The van der Waals surface area contributed by atoms with Crippen LogP contribution in [0.4, 0.5) is 0 Å². The molecule has 0 aliphatic carbocycles. The fourth-order valence-corrected chi connectivity index (χ4v) is 4.42. The van der Waals surface area contributed by atoms with Crippen LogP contribution >= 0.6 is 0 Å². The van der Waals surface area contributed by atoms with Crippen LogP contribution in [0.3, 0.4) is 0 Å². The number of rotatable bonds is 5. The van der Waals surface area contributed by atoms with Crippen molar-refractivity contribution in [3.8, 4) is 5.88 Å². The van der Waals surface area contributed by atoms with E-state index in [0.29, 0.717) is 35.6 Å². The van der Waals surface area contributed by atoms with Gasteiger partial charge in [-0.2, -0.15) is 0 Å². The van der Waals surface area contributed by atoms with E-state index in [4.69, 9.17) is 9.26 Å². The number of methoxy groups -OCH3 is 1. The molecule has 2 aliphatic heterocycles. The lowest BCUT2D eigenvalue weighted by Gasteiger charge is -2.30. The molecule has 162 valence electrons. The van der Waals surface area contributed by atoms with Gasteiger partial charge in [-0.1, -0.05) is 6.92 Å². The van der Waals surface area contributed by atoms with E-state index in [0.717, 1.165) is 38.8 Å². The summed E-state index contributed by atoms with van der Waals surface area (Å²) in [6.45, 7) is 6.17. The van der Waals surface area contributed by atoms with Crippen LogP contribution in [-0.4, -0.2) is 63.5 Å². The molecule has 2 aliphatic rings. The van der Waals surface area contributed by atoms with Crippen molar-refractivity contribution in [2.75, 3.05) is 26.7 Å². The van der Waals surface area contributed by atoms with E-state index in [-0.39, 0.29) is 17.9 Å². The molecular weight excluding hydrogens is 386 g/mol. The first-order valence-electron chi connectivity index (χ1n) is 10.6. The van der Waals surface area contributed by atoms with Gasteiger partial charge in [0.2, 0.25) is 5.91 Å². The van der Waals surface area contributed by atoms with Gasteiger partial charge in [0.05, 0.1) is 25.3 Å². The number of aromatic nitrogens is 3. The Balaban J connectivity index is 1.47. The highest BCUT2D eigenvalue weighted by molar-refractivity contribution is 5.92. The maximum absolute atomic E-state index is 13.1. The summed E-state index contributed by atoms with van der Waals surface area (Å²) in [6, 6.07) is 1.46. The number of amides is 2. The molecule has 0 radical (unpaired) electrons. The van der Waals surface area contributed by atoms with E-state index >= 15 is 0 Å². The maximum atomic E-state index is 13.1. The average Bonchev–Trinajstić information content (AvgIpc) is 3.51. The van der Waals surface area contributed by atoms with Crippen molar-refractivity contribution in [1.29, 1.82) is 0 Å². The fraction of sp³-hybridized carbons (Fsp3) is 0.619. The van der Waals surface area contributed by atoms with Gasteiger partial charge in [-0.3, -0.25) is 9.59 Å². The molecule has 2 fully saturated rings. The van der Waals surface area contributed by atoms with Crippen molar-refractivity contribution in [3.63, 3.8) is 0 Å². The number of hydrogen-bond acceptors (Lipinski definition) is 6. The number of hydrogen-bond donors (Lipinski definition) is 1. The zero-order chi connectivity index (χ0) is 21.3. The largest absolute Gasteiger partial charge is 0.479 e. The van der Waals surface area contributed by atoms with Crippen LogP contribution in [0.5, 0.6) is 5.88 Å². The topological polar surface area (TPSA) is 105 Å². The summed E-state index contributed by atoms with van der Waals surface area (Å²) in [5, 5.41) is 3.79. The molecule has 0 aromatic carbocycles. The number of imidazole rings is 1. The molecule has 2 amide bonds. The number of carbonyl (C=O) groups excluding carboxylic acids is 2. The molecule has 1 N–H and O–H groups in total. The molecule has 9 nitrogen and oxygen atoms in total. The third kappa shape index (κ3) is 3.93. The summed E-state index contributed by atoms with van der Waals surface area (Å²) in [5.74, 6) is 1.46. The highest BCUT2D eigenvalue weighted by atomic mass is 16.5. The quantitative estimate of drug-likeness (QED) is 0.805. The molecular formula is C21H29N5O4. The van der Waals surface area contributed by atoms with Gasteiger partial charge in [0.1, 0.15) is 11.5 Å². The molecule has 4 rings (SSSR count). The molecule has 2 unspecified atom stereocenters. The Bertz CT molecular complexity index is 907. The number of nitrogens with one attached hydrogen (secondary N) is 1. The van der Waals surface area contributed by atoms with Crippen LogP contribution in [0, 0.1) is 5.92 Å². The molecule has 4 heterocycles. The van der Waals surface area contributed by atoms with Crippen LogP contribution in [-0.2, 0) is 4.79 Å². The second-order valence-electron chi connectivity index (χ2n) is 8.36. The normalized spacial score (nSPS) is 22.9. The predicted octanol–water partition coefficient (Wildman–Crippen LogP) is 2.75. The minimum absolute atomic E-state index is 0.0155. The maximum Gasteiger partial charge on any atom is 0.271 e. The zero-order valence-corrected chi connectivity index (χ0v) is 17.8. The third-order valence-corrected chi connectivity index (χ3v) is 6.13. The smallest absolute Gasteiger partial charge is 0.271 e. The van der Waals surface area contributed by atoms with Crippen molar-refractivity contribution < 1.29 is 18.8 Å². The van der Waals surface area contributed by atoms with E-state index < -0.39 is 5.92 Å². The van der Waals surface area contributed by atoms with Crippen LogP contribution in [0.1, 0.15) is 73.6 Å². The lowest BCUT2D eigenvalue weighted by molar-refractivity contribution is -0.134. The zero-order valence-electron chi connectivity index (χ0n) is 17.8. The van der Waals surface area contributed by atoms with E-state index in [1.54, 1.807) is 19.2 Å². The third-order valence-electron chi connectivity index (χ3n) is 6.13. The van der Waals surface area contributed by atoms with Gasteiger partial charge in [-0.05, 0) is 43.7 Å². The number of nitrogens with zero attached hydrogens (tertiary/aromatic N) is 4. The standard InChI is InChI=1S/C21H29N5O4/c1-13-6-4-8-25(12-13)21(28)15-11-22-19(23-15)16-7-5-9-26(16)20(27)14(2)17-10-18(29-3)24-30-17/h10-11,13-14,16H,4-9,12H2,1-3H3,(H,22,23)/t13?,14?,16-/m0/s1. The van der Waals surface area contributed by atoms with E-state index in [9.17, 15) is 9.59 Å². The number of ether oxygens (including phenoxy) is 1. The summed E-state index contributed by atoms with van der Waals surface area (Å²) < 4.78 is 10.3. The van der Waals surface area contributed by atoms with E-state index in [1.165, 1.54) is 7.11 Å². The Morgan fingerprint density at radius 3 is 2.83 bits per heavy atom. The van der Waals surface area contributed by atoms with Crippen LogP contribution < -0.4 is 4.74 Å². The first-order valence-corrected chi connectivity index (χ1v) is 10.6. The Labute approximate surface area is 175 Å². The SMILES string of the molecule is COc1cc(C(C)C(=O)N2CCC[C@H]2c2ncc(C(=O)N3CCCC(C)C3)[nH]2)on1. The first kappa shape index (κ1) is 20.4. The monoisotopic (exact) mass is 415 g/mol. The van der Waals surface area contributed by atoms with Crippen LogP contribution in [0.2, 0.25) is 0 Å². The molecule has 30 heavy (non-hydrogen) atoms. The molecule has 0 spiro atoms. The number of H-pyrrole nitrogens is 1. The molecule has 2 aromatic heterocycles. The Kier molecular flexibility index (Phi) is 5.78. The summed E-state index contributed by atoms with van der Waals surface area (Å²) in [4.78, 5) is 37.3. The molecule has 9 heteroatoms. The molecule has 2 aromatic rings. The van der Waals surface area contributed by atoms with Gasteiger partial charge in [-0.25, -0.2) is 4.98 Å². The molecule has 0 saturated carbocycles. The van der Waals surface area contributed by atoms with Crippen molar-refractivity contribution in [2.24, 2.45) is 5.92 Å². The first-order chi connectivity index (χ1) is 14.5. The Hall–Kier alpha value is -2.84. The van der Waals surface area contributed by atoms with Gasteiger partial charge in [0.15, 0.2) is 5.76 Å². The Morgan fingerprint density at radius 1 is 1.30 bits per heavy atom. The predicted molar refractivity (Wildman–Crippen MR) is 108 cm³/mol. The Morgan fingerprint density at radius 2 is 2.10 bits per heavy atom. The van der Waals surface area contributed by atoms with E-state index in [2.05, 4.69) is 22.0 Å². The van der Waals surface area contributed by atoms with Gasteiger partial charge >= 0.3 is 0 Å². The number of carbonyl (C=O) groups is 2. The summed E-state index contributed by atoms with van der Waals surface area (Å²) in [7, 11) is 1.50. The number of piperidine rings is 1. The van der Waals surface area contributed by atoms with Crippen LogP contribution in [0.15, 0.2) is 16.8 Å². The number of likely N-dealkylation sites (tertiary alicyclic amines) is 2. The fourth-order valence-electron chi connectivity index (χ4n) is 4.42. The van der Waals surface area contributed by atoms with Crippen molar-refractivity contribution in [1.82, 2.24) is 24.9 Å². The van der Waals surface area contributed by atoms with Crippen molar-refractivity contribution >= 4 is 11.8 Å². The second-order valence-corrected chi connectivity index (χ2v) is 8.36. The number of aromatic amines is 1. The summed E-state index contributed by atoms with van der Waals surface area (Å²) >= 11 is 0. The second kappa shape index (κ2) is 8.49. The van der Waals surface area contributed by atoms with Crippen LogP contribution in [0.25, 0.3) is 0 Å². The summed E-state index contributed by atoms with van der Waals surface area (Å²) in [6.07, 6.45) is 5.48. The van der Waals surface area contributed by atoms with Crippen molar-refractivity contribution in [2.45, 2.75) is 51.5 Å².